The van der Waals surface area contributed by atoms with Gasteiger partial charge in [0.1, 0.15) is 17.7 Å². The molecule has 2 heterocycles. The first-order chi connectivity index (χ1) is 9.91. The molecule has 2 amide bonds. The van der Waals surface area contributed by atoms with Crippen LogP contribution < -0.4 is 5.32 Å². The normalized spacial score (nSPS) is 30.2. The third-order valence-electron chi connectivity index (χ3n) is 4.63. The highest BCUT2D eigenvalue weighted by Crippen LogP contribution is 2.42. The summed E-state index contributed by atoms with van der Waals surface area (Å²) in [6.45, 7) is 4.15. The monoisotopic (exact) mass is 291 g/mol. The third kappa shape index (κ3) is 2.41. The average molecular weight is 291 g/mol. The smallest absolute Gasteiger partial charge is 0.248 e. The zero-order chi connectivity index (χ0) is 15.2. The zero-order valence-electron chi connectivity index (χ0n) is 12.7. The molecule has 1 aromatic heterocycles. The van der Waals surface area contributed by atoms with E-state index in [2.05, 4.69) is 15.4 Å². The summed E-state index contributed by atoms with van der Waals surface area (Å²) >= 11 is 0. The molecule has 2 unspecified atom stereocenters. The molecule has 7 heteroatoms. The highest BCUT2D eigenvalue weighted by atomic mass is 16.2. The SMILES string of the molecule is CC1CC(=O)NC(C)(C2CC2)C(=O)N1Cc1ncnn1C. The van der Waals surface area contributed by atoms with Crippen molar-refractivity contribution in [1.29, 1.82) is 0 Å². The van der Waals surface area contributed by atoms with Gasteiger partial charge in [0.05, 0.1) is 6.54 Å². The Morgan fingerprint density at radius 2 is 2.14 bits per heavy atom. The van der Waals surface area contributed by atoms with Gasteiger partial charge in [-0.25, -0.2) is 4.98 Å². The summed E-state index contributed by atoms with van der Waals surface area (Å²) < 4.78 is 1.66. The molecule has 1 saturated heterocycles. The highest BCUT2D eigenvalue weighted by molar-refractivity contribution is 5.94. The molecule has 1 aliphatic heterocycles. The van der Waals surface area contributed by atoms with Crippen molar-refractivity contribution in [2.24, 2.45) is 13.0 Å². The van der Waals surface area contributed by atoms with Crippen LogP contribution in [0.4, 0.5) is 0 Å². The minimum atomic E-state index is -0.777. The first-order valence-corrected chi connectivity index (χ1v) is 7.36. The topological polar surface area (TPSA) is 80.1 Å². The van der Waals surface area contributed by atoms with Gasteiger partial charge in [0.15, 0.2) is 0 Å². The van der Waals surface area contributed by atoms with Crippen LogP contribution in [0, 0.1) is 5.92 Å². The van der Waals surface area contributed by atoms with E-state index in [1.54, 1.807) is 16.6 Å². The van der Waals surface area contributed by atoms with Crippen LogP contribution in [0.3, 0.4) is 0 Å². The molecule has 1 aromatic rings. The standard InChI is InChI=1S/C14H21N5O2/c1-9-6-12(20)17-14(2,10-4-5-10)13(21)19(9)7-11-15-8-16-18(11)3/h8-10H,4-7H2,1-3H3,(H,17,20). The number of aromatic nitrogens is 3. The number of nitrogens with one attached hydrogen (secondary N) is 1. The van der Waals surface area contributed by atoms with Gasteiger partial charge in [-0.05, 0) is 32.6 Å². The van der Waals surface area contributed by atoms with Gasteiger partial charge < -0.3 is 10.2 Å². The molecular weight excluding hydrogens is 270 g/mol. The van der Waals surface area contributed by atoms with Gasteiger partial charge in [0, 0.05) is 19.5 Å². The molecule has 7 nitrogen and oxygen atoms in total. The molecule has 3 rings (SSSR count). The summed E-state index contributed by atoms with van der Waals surface area (Å²) in [7, 11) is 1.80. The summed E-state index contributed by atoms with van der Waals surface area (Å²) in [6, 6.07) is -0.144. The molecule has 1 saturated carbocycles. The number of hydrogen-bond acceptors (Lipinski definition) is 4. The Labute approximate surface area is 123 Å². The van der Waals surface area contributed by atoms with Crippen LogP contribution in [0.2, 0.25) is 0 Å². The van der Waals surface area contributed by atoms with Crippen LogP contribution in [0.5, 0.6) is 0 Å². The molecule has 1 aliphatic carbocycles. The maximum absolute atomic E-state index is 13.0. The van der Waals surface area contributed by atoms with E-state index in [0.717, 1.165) is 18.7 Å². The van der Waals surface area contributed by atoms with E-state index in [1.807, 2.05) is 13.8 Å². The molecule has 21 heavy (non-hydrogen) atoms. The molecule has 2 fully saturated rings. The second-order valence-electron chi connectivity index (χ2n) is 6.31. The van der Waals surface area contributed by atoms with Crippen molar-refractivity contribution in [3.63, 3.8) is 0 Å². The molecule has 2 aliphatic rings. The van der Waals surface area contributed by atoms with E-state index in [1.165, 1.54) is 6.33 Å². The molecule has 1 N–H and O–H groups in total. The molecule has 114 valence electrons. The fourth-order valence-corrected chi connectivity index (χ4v) is 3.05. The van der Waals surface area contributed by atoms with E-state index < -0.39 is 5.54 Å². The average Bonchev–Trinajstić information content (AvgIpc) is 3.19. The Morgan fingerprint density at radius 3 is 2.71 bits per heavy atom. The predicted octanol–water partition coefficient (Wildman–Crippen LogP) is 0.221. The van der Waals surface area contributed by atoms with Crippen LogP contribution in [0.15, 0.2) is 6.33 Å². The Balaban J connectivity index is 1.90. The summed E-state index contributed by atoms with van der Waals surface area (Å²) in [5, 5.41) is 6.99. The van der Waals surface area contributed by atoms with Crippen LogP contribution >= 0.6 is 0 Å². The molecule has 0 spiro atoms. The fraction of sp³-hybridized carbons (Fsp3) is 0.714. The second-order valence-corrected chi connectivity index (χ2v) is 6.31. The van der Waals surface area contributed by atoms with Gasteiger partial charge >= 0.3 is 0 Å². The van der Waals surface area contributed by atoms with Gasteiger partial charge in [-0.3, -0.25) is 14.3 Å². The van der Waals surface area contributed by atoms with Gasteiger partial charge in [-0.1, -0.05) is 0 Å². The largest absolute Gasteiger partial charge is 0.342 e. The number of amides is 2. The van der Waals surface area contributed by atoms with Crippen molar-refractivity contribution in [3.05, 3.63) is 12.2 Å². The van der Waals surface area contributed by atoms with E-state index in [-0.39, 0.29) is 23.8 Å². The van der Waals surface area contributed by atoms with Crippen molar-refractivity contribution < 1.29 is 9.59 Å². The summed E-state index contributed by atoms with van der Waals surface area (Å²) in [5.74, 6) is 0.918. The molecule has 0 bridgehead atoms. The molecule has 0 aromatic carbocycles. The zero-order valence-corrected chi connectivity index (χ0v) is 12.7. The van der Waals surface area contributed by atoms with Gasteiger partial charge in [0.2, 0.25) is 11.8 Å². The van der Waals surface area contributed by atoms with Gasteiger partial charge in [-0.2, -0.15) is 5.10 Å². The lowest BCUT2D eigenvalue weighted by molar-refractivity contribution is -0.141. The fourth-order valence-electron chi connectivity index (χ4n) is 3.05. The number of rotatable bonds is 3. The van der Waals surface area contributed by atoms with Crippen LogP contribution in [-0.2, 0) is 23.2 Å². The number of nitrogens with zero attached hydrogens (tertiary/aromatic N) is 4. The van der Waals surface area contributed by atoms with Crippen LogP contribution in [-0.4, -0.2) is 43.1 Å². The number of hydrogen-bond donors (Lipinski definition) is 1. The summed E-state index contributed by atoms with van der Waals surface area (Å²) in [4.78, 5) is 31.0. The van der Waals surface area contributed by atoms with Crippen molar-refractivity contribution in [1.82, 2.24) is 25.0 Å². The summed E-state index contributed by atoms with van der Waals surface area (Å²) in [6.07, 6.45) is 3.79. The van der Waals surface area contributed by atoms with Crippen LogP contribution in [0.1, 0.15) is 38.9 Å². The predicted molar refractivity (Wildman–Crippen MR) is 74.9 cm³/mol. The number of carbonyl (C=O) groups is 2. The van der Waals surface area contributed by atoms with Crippen molar-refractivity contribution in [2.75, 3.05) is 0 Å². The lowest BCUT2D eigenvalue weighted by Crippen LogP contribution is -2.57. The van der Waals surface area contributed by atoms with E-state index in [4.69, 9.17) is 0 Å². The highest BCUT2D eigenvalue weighted by Gasteiger charge is 2.52. The Kier molecular flexibility index (Phi) is 3.22. The van der Waals surface area contributed by atoms with E-state index >= 15 is 0 Å². The van der Waals surface area contributed by atoms with Crippen molar-refractivity contribution in [3.8, 4) is 0 Å². The maximum Gasteiger partial charge on any atom is 0.248 e. The minimum Gasteiger partial charge on any atom is -0.342 e. The Bertz CT molecular complexity index is 580. The first kappa shape index (κ1) is 14.0. The molecular formula is C14H21N5O2. The quantitative estimate of drug-likeness (QED) is 0.864. The van der Waals surface area contributed by atoms with Crippen molar-refractivity contribution >= 4 is 11.8 Å². The number of carbonyl (C=O) groups excluding carboxylic acids is 2. The number of aryl methyl sites for hydroxylation is 1. The Morgan fingerprint density at radius 1 is 1.43 bits per heavy atom. The Hall–Kier alpha value is -1.92. The maximum atomic E-state index is 13.0. The summed E-state index contributed by atoms with van der Waals surface area (Å²) in [5.41, 5.74) is -0.777. The molecule has 2 atom stereocenters. The van der Waals surface area contributed by atoms with Gasteiger partial charge in [-0.15, -0.1) is 0 Å². The third-order valence-corrected chi connectivity index (χ3v) is 4.63. The lowest BCUT2D eigenvalue weighted by Gasteiger charge is -2.34. The van der Waals surface area contributed by atoms with E-state index in [0.29, 0.717) is 13.0 Å². The lowest BCUT2D eigenvalue weighted by atomic mass is 9.94. The molecule has 0 radical (unpaired) electrons. The van der Waals surface area contributed by atoms with E-state index in [9.17, 15) is 9.59 Å². The second kappa shape index (κ2) is 4.82. The van der Waals surface area contributed by atoms with Crippen molar-refractivity contribution in [2.45, 2.75) is 51.2 Å². The minimum absolute atomic E-state index is 0.00801. The van der Waals surface area contributed by atoms with Crippen LogP contribution in [0.25, 0.3) is 0 Å². The first-order valence-electron chi connectivity index (χ1n) is 7.36. The van der Waals surface area contributed by atoms with Gasteiger partial charge in [0.25, 0.3) is 0 Å².